The van der Waals surface area contributed by atoms with Crippen molar-refractivity contribution in [3.05, 3.63) is 82.9 Å². The number of nitriles is 1. The van der Waals surface area contributed by atoms with Crippen molar-refractivity contribution in [2.24, 2.45) is 0 Å². The molecule has 0 heterocycles. The summed E-state index contributed by atoms with van der Waals surface area (Å²) in [5.41, 5.74) is 4.88. The van der Waals surface area contributed by atoms with Crippen LogP contribution in [0, 0.1) is 18.3 Å². The molecule has 0 N–H and O–H groups in total. The minimum Gasteiger partial charge on any atom is -0.192 e. The lowest BCUT2D eigenvalue weighted by molar-refractivity contribution is 1.03. The molecule has 0 spiro atoms. The van der Waals surface area contributed by atoms with Gasteiger partial charge in [0.25, 0.3) is 0 Å². The average Bonchev–Trinajstić information content (AvgIpc) is 3.52. The zero-order valence-corrected chi connectivity index (χ0v) is 16.6. The normalized spacial score (nSPS) is 17.2. The Hall–Kier alpha value is -2.59. The van der Waals surface area contributed by atoms with E-state index in [4.69, 9.17) is 5.26 Å². The van der Waals surface area contributed by atoms with Gasteiger partial charge >= 0.3 is 0 Å². The number of benzene rings is 3. The molecule has 1 aliphatic carbocycles. The zero-order chi connectivity index (χ0) is 19.1. The molecule has 26 heavy (non-hydrogen) atoms. The fraction of sp³-hybridized carbons (Fsp3) is 0.320. The Bertz CT molecular complexity index is 887. The number of aryl methyl sites for hydroxylation is 1. The summed E-state index contributed by atoms with van der Waals surface area (Å²) in [5.74, 6) is 1.30. The van der Waals surface area contributed by atoms with Crippen LogP contribution in [0.4, 0.5) is 0 Å². The maximum absolute atomic E-state index is 9.05. The quantitative estimate of drug-likeness (QED) is 0.477. The molecule has 3 aromatic rings. The molecular formula is C25H29N. The highest BCUT2D eigenvalue weighted by Crippen LogP contribution is 2.55. The molecule has 1 nitrogen and oxygen atoms in total. The molecule has 1 saturated carbocycles. The Labute approximate surface area is 158 Å². The van der Waals surface area contributed by atoms with E-state index in [1.54, 1.807) is 0 Å². The third-order valence-corrected chi connectivity index (χ3v) is 4.76. The van der Waals surface area contributed by atoms with Crippen LogP contribution in [0.2, 0.25) is 0 Å². The van der Waals surface area contributed by atoms with Gasteiger partial charge in [-0.3, -0.25) is 0 Å². The third kappa shape index (κ3) is 4.14. The van der Waals surface area contributed by atoms with Crippen molar-refractivity contribution in [3.63, 3.8) is 0 Å². The zero-order valence-electron chi connectivity index (χ0n) is 16.6. The maximum atomic E-state index is 9.05. The molecule has 4 rings (SSSR count). The summed E-state index contributed by atoms with van der Waals surface area (Å²) in [7, 11) is 0. The first kappa shape index (κ1) is 19.7. The minimum absolute atomic E-state index is 0.640. The fourth-order valence-corrected chi connectivity index (χ4v) is 3.49. The van der Waals surface area contributed by atoms with Gasteiger partial charge in [-0.2, -0.15) is 5.26 Å². The van der Waals surface area contributed by atoms with Crippen molar-refractivity contribution >= 4 is 10.8 Å². The van der Waals surface area contributed by atoms with Crippen LogP contribution < -0.4 is 0 Å². The van der Waals surface area contributed by atoms with E-state index in [9.17, 15) is 0 Å². The van der Waals surface area contributed by atoms with Gasteiger partial charge in [0.2, 0.25) is 0 Å². The first-order valence-electron chi connectivity index (χ1n) is 9.75. The third-order valence-electron chi connectivity index (χ3n) is 4.76. The molecule has 0 bridgehead atoms. The highest BCUT2D eigenvalue weighted by molar-refractivity contribution is 5.87. The molecule has 2 atom stereocenters. The summed E-state index contributed by atoms with van der Waals surface area (Å²) < 4.78 is 0. The predicted octanol–water partition coefficient (Wildman–Crippen LogP) is 7.34. The van der Waals surface area contributed by atoms with Crippen molar-refractivity contribution < 1.29 is 0 Å². The predicted molar refractivity (Wildman–Crippen MR) is 113 cm³/mol. The first-order chi connectivity index (χ1) is 12.8. The lowest BCUT2D eigenvalue weighted by atomic mass is 9.96. The van der Waals surface area contributed by atoms with Crippen LogP contribution in [0.5, 0.6) is 0 Å². The SMILES string of the molecule is CC.CC.Cc1cc(C2CC2c2ccccc2)cc2ccc(C#N)cc12. The van der Waals surface area contributed by atoms with E-state index in [1.165, 1.54) is 33.9 Å². The van der Waals surface area contributed by atoms with E-state index >= 15 is 0 Å². The number of hydrogen-bond donors (Lipinski definition) is 0. The van der Waals surface area contributed by atoms with E-state index in [0.29, 0.717) is 11.8 Å². The van der Waals surface area contributed by atoms with Crippen LogP contribution in [0.15, 0.2) is 60.7 Å². The van der Waals surface area contributed by atoms with Crippen LogP contribution in [0.3, 0.4) is 0 Å². The molecule has 0 aliphatic heterocycles. The van der Waals surface area contributed by atoms with Gasteiger partial charge in [-0.05, 0) is 64.8 Å². The van der Waals surface area contributed by atoms with Gasteiger partial charge in [-0.1, -0.05) is 76.2 Å². The Morgan fingerprint density at radius 1 is 0.808 bits per heavy atom. The topological polar surface area (TPSA) is 23.8 Å². The molecule has 134 valence electrons. The van der Waals surface area contributed by atoms with E-state index in [0.717, 1.165) is 5.56 Å². The molecule has 2 unspecified atom stereocenters. The molecule has 1 heteroatoms. The summed E-state index contributed by atoms with van der Waals surface area (Å²) in [5, 5.41) is 11.5. The van der Waals surface area contributed by atoms with E-state index in [-0.39, 0.29) is 0 Å². The largest absolute Gasteiger partial charge is 0.192 e. The molecule has 1 aliphatic rings. The highest BCUT2D eigenvalue weighted by atomic mass is 14.4. The summed E-state index contributed by atoms with van der Waals surface area (Å²) in [6.45, 7) is 10.1. The number of nitrogens with zero attached hydrogens (tertiary/aromatic N) is 1. The van der Waals surface area contributed by atoms with Crippen molar-refractivity contribution in [2.45, 2.75) is 52.9 Å². The number of hydrogen-bond acceptors (Lipinski definition) is 1. The smallest absolute Gasteiger partial charge is 0.0991 e. The second-order valence-electron chi connectivity index (χ2n) is 6.24. The van der Waals surface area contributed by atoms with Crippen molar-refractivity contribution in [2.75, 3.05) is 0 Å². The molecule has 3 aromatic carbocycles. The first-order valence-corrected chi connectivity index (χ1v) is 9.75. The van der Waals surface area contributed by atoms with E-state index in [2.05, 4.69) is 61.5 Å². The minimum atomic E-state index is 0.640. The van der Waals surface area contributed by atoms with Crippen LogP contribution in [-0.4, -0.2) is 0 Å². The van der Waals surface area contributed by atoms with Crippen LogP contribution in [0.25, 0.3) is 10.8 Å². The van der Waals surface area contributed by atoms with Crippen molar-refractivity contribution in [1.82, 2.24) is 0 Å². The van der Waals surface area contributed by atoms with Gasteiger partial charge in [0.15, 0.2) is 0 Å². The summed E-state index contributed by atoms with van der Waals surface area (Å²) in [6.07, 6.45) is 1.24. The van der Waals surface area contributed by atoms with E-state index in [1.807, 2.05) is 39.8 Å². The van der Waals surface area contributed by atoms with Gasteiger partial charge in [0.1, 0.15) is 0 Å². The van der Waals surface area contributed by atoms with Gasteiger partial charge in [-0.25, -0.2) is 0 Å². The van der Waals surface area contributed by atoms with Crippen LogP contribution >= 0.6 is 0 Å². The Morgan fingerprint density at radius 3 is 2.12 bits per heavy atom. The molecule has 0 amide bonds. The summed E-state index contributed by atoms with van der Waals surface area (Å²) in [6, 6.07) is 23.6. The number of rotatable bonds is 2. The molecular weight excluding hydrogens is 314 g/mol. The Morgan fingerprint density at radius 2 is 1.46 bits per heavy atom. The molecule has 0 saturated heterocycles. The number of fused-ring (bicyclic) bond motifs is 1. The Balaban J connectivity index is 0.000000570. The lowest BCUT2D eigenvalue weighted by Gasteiger charge is -2.08. The molecule has 0 radical (unpaired) electrons. The van der Waals surface area contributed by atoms with E-state index < -0.39 is 0 Å². The second-order valence-corrected chi connectivity index (χ2v) is 6.24. The van der Waals surface area contributed by atoms with Crippen molar-refractivity contribution in [3.8, 4) is 6.07 Å². The lowest BCUT2D eigenvalue weighted by Crippen LogP contribution is -1.88. The molecule has 1 fully saturated rings. The highest BCUT2D eigenvalue weighted by Gasteiger charge is 2.39. The van der Waals surface area contributed by atoms with Gasteiger partial charge in [-0.15, -0.1) is 0 Å². The Kier molecular flexibility index (Phi) is 6.98. The standard InChI is InChI=1S/C21H17N.2C2H6/c1-14-9-18(11-17-8-7-15(13-22)10-19(14)17)21-12-20(21)16-5-3-2-4-6-16;2*1-2/h2-11,20-21H,12H2,1H3;2*1-2H3. The monoisotopic (exact) mass is 343 g/mol. The maximum Gasteiger partial charge on any atom is 0.0991 e. The molecule has 0 aromatic heterocycles. The van der Waals surface area contributed by atoms with Gasteiger partial charge in [0.05, 0.1) is 11.6 Å². The van der Waals surface area contributed by atoms with Gasteiger partial charge in [0, 0.05) is 0 Å². The second kappa shape index (κ2) is 9.20. The fourth-order valence-electron chi connectivity index (χ4n) is 3.49. The van der Waals surface area contributed by atoms with Crippen LogP contribution in [-0.2, 0) is 0 Å². The average molecular weight is 344 g/mol. The van der Waals surface area contributed by atoms with Crippen molar-refractivity contribution in [1.29, 1.82) is 5.26 Å². The van der Waals surface area contributed by atoms with Crippen LogP contribution in [0.1, 0.15) is 68.2 Å². The summed E-state index contributed by atoms with van der Waals surface area (Å²) in [4.78, 5) is 0. The van der Waals surface area contributed by atoms with Gasteiger partial charge < -0.3 is 0 Å². The summed E-state index contributed by atoms with van der Waals surface area (Å²) >= 11 is 0.